The third-order valence-corrected chi connectivity index (χ3v) is 3.65. The van der Waals surface area contributed by atoms with Crippen LogP contribution in [0.15, 0.2) is 0 Å². The van der Waals surface area contributed by atoms with Crippen LogP contribution < -0.4 is 21.6 Å². The Hall–Kier alpha value is 0.530. The van der Waals surface area contributed by atoms with Crippen molar-refractivity contribution in [2.75, 3.05) is 6.61 Å². The summed E-state index contributed by atoms with van der Waals surface area (Å²) in [5, 5.41) is 35.8. The number of rotatable bonds is 1. The number of alkyl halides is 1. The summed E-state index contributed by atoms with van der Waals surface area (Å²) in [6.07, 6.45) is -3.08. The first-order valence-electron chi connectivity index (χ1n) is 3.11. The Labute approximate surface area is 74.4 Å². The normalized spacial score (nSPS) is 46.5. The van der Waals surface area contributed by atoms with Crippen LogP contribution in [-0.2, 0) is 3.07 Å². The molecule has 6 heteroatoms. The van der Waals surface area contributed by atoms with Crippen molar-refractivity contribution in [3.8, 4) is 0 Å². The summed E-state index contributed by atoms with van der Waals surface area (Å²) in [5.41, 5.74) is 0. The molecule has 1 aliphatic heterocycles. The molecule has 2 unspecified atom stereocenters. The molecule has 1 rings (SSSR count). The van der Waals surface area contributed by atoms with Crippen LogP contribution in [0.2, 0.25) is 0 Å². The Morgan fingerprint density at radius 2 is 1.82 bits per heavy atom. The molecule has 1 heterocycles. The van der Waals surface area contributed by atoms with Crippen molar-refractivity contribution in [3.05, 3.63) is 0 Å². The van der Waals surface area contributed by atoms with E-state index in [1.807, 2.05) is 0 Å². The zero-order valence-corrected chi connectivity index (χ0v) is 7.75. The van der Waals surface area contributed by atoms with Crippen molar-refractivity contribution in [2.24, 2.45) is 0 Å². The number of aliphatic hydroxyl groups excluding tert-OH is 4. The molecule has 0 aromatic carbocycles. The molecule has 0 aromatic rings. The van der Waals surface area contributed by atoms with Crippen molar-refractivity contribution >= 4 is 0 Å². The topological polar surface area (TPSA) is 90.2 Å². The zero-order chi connectivity index (χ0) is 8.43. The number of hydrogen-bond donors (Lipinski definition) is 4. The van der Waals surface area contributed by atoms with Crippen molar-refractivity contribution in [1.29, 1.82) is 0 Å². The molecule has 0 aromatic heterocycles. The average molecular weight is 277 g/mol. The van der Waals surface area contributed by atoms with Crippen molar-refractivity contribution in [2.45, 2.75) is 22.4 Å². The van der Waals surface area contributed by atoms with Gasteiger partial charge in [0.15, 0.2) is 0 Å². The summed E-state index contributed by atoms with van der Waals surface area (Å²) in [7, 11) is 0. The molecule has 0 radical (unpaired) electrons. The van der Waals surface area contributed by atoms with Gasteiger partial charge in [-0.1, -0.05) is 0 Å². The second kappa shape index (κ2) is 3.97. The summed E-state index contributed by atoms with van der Waals surface area (Å²) in [4.78, 5) is 0. The predicted molar refractivity (Wildman–Crippen MR) is 30.0 cm³/mol. The van der Waals surface area contributed by atoms with E-state index in [4.69, 9.17) is 23.5 Å². The summed E-state index contributed by atoms with van der Waals surface area (Å²) in [6.45, 7) is -0.329. The first kappa shape index (κ1) is 9.62. The quantitative estimate of drug-likeness (QED) is 0.283. The minimum atomic E-state index is -1.18. The van der Waals surface area contributed by atoms with Crippen LogP contribution in [0, 0.1) is 0 Å². The van der Waals surface area contributed by atoms with Gasteiger partial charge in [-0.15, -0.1) is 0 Å². The maximum atomic E-state index is 9.13. The molecule has 0 amide bonds. The Kier molecular flexibility index (Phi) is 3.47. The second-order valence-corrected chi connectivity index (χ2v) is 4.55. The average Bonchev–Trinajstić information content (AvgIpc) is 2.01. The van der Waals surface area contributed by atoms with E-state index in [2.05, 4.69) is 0 Å². The molecule has 0 aliphatic carbocycles. The van der Waals surface area contributed by atoms with E-state index in [1.54, 1.807) is 0 Å². The third kappa shape index (κ3) is 2.01. The van der Waals surface area contributed by atoms with Crippen LogP contribution in [0.4, 0.5) is 0 Å². The van der Waals surface area contributed by atoms with E-state index in [9.17, 15) is 0 Å². The molecule has 4 atom stereocenters. The van der Waals surface area contributed by atoms with Crippen molar-refractivity contribution < 1.29 is 45.1 Å². The molecule has 0 spiro atoms. The van der Waals surface area contributed by atoms with Gasteiger partial charge in [-0.25, -0.2) is 0 Å². The van der Waals surface area contributed by atoms with E-state index in [0.717, 1.165) is 0 Å². The Balaban J connectivity index is 2.52. The molecule has 68 valence electrons. The standard InChI is InChI=1S/C5H10IO5/c7-1-2-3(8)4(9)5(10)6-11-2/h2-5,7-10H,1H2/q-1/t2?,3-,4?,5+/m1/s1. The van der Waals surface area contributed by atoms with Gasteiger partial charge in [-0.2, -0.15) is 0 Å². The first-order chi connectivity index (χ1) is 5.16. The number of aliphatic hydroxyl groups is 4. The maximum absolute atomic E-state index is 9.13. The molecule has 0 saturated carbocycles. The monoisotopic (exact) mass is 277 g/mol. The van der Waals surface area contributed by atoms with Gasteiger partial charge >= 0.3 is 74.1 Å². The fraction of sp³-hybridized carbons (Fsp3) is 1.00. The van der Waals surface area contributed by atoms with E-state index in [1.165, 1.54) is 0 Å². The van der Waals surface area contributed by atoms with Gasteiger partial charge in [0.1, 0.15) is 0 Å². The fourth-order valence-electron chi connectivity index (χ4n) is 0.743. The van der Waals surface area contributed by atoms with Gasteiger partial charge in [-0.3, -0.25) is 0 Å². The van der Waals surface area contributed by atoms with Gasteiger partial charge in [-0.05, 0) is 0 Å². The first-order valence-corrected chi connectivity index (χ1v) is 5.23. The Morgan fingerprint density at radius 3 is 2.36 bits per heavy atom. The minimum absolute atomic E-state index is 0.329. The SMILES string of the molecule is OCC1O[I-][C@@H](O)C(O)[C@@H]1O. The number of halogens is 1. The molecular weight excluding hydrogens is 267 g/mol. The van der Waals surface area contributed by atoms with Gasteiger partial charge in [0.25, 0.3) is 0 Å². The summed E-state index contributed by atoms with van der Waals surface area (Å²) in [6, 6.07) is 0. The van der Waals surface area contributed by atoms with E-state index in [-0.39, 0.29) is 6.61 Å². The Bertz CT molecular complexity index is 130. The second-order valence-electron chi connectivity index (χ2n) is 2.25. The van der Waals surface area contributed by atoms with E-state index in [0.29, 0.717) is 0 Å². The molecule has 1 fully saturated rings. The zero-order valence-electron chi connectivity index (χ0n) is 5.59. The van der Waals surface area contributed by atoms with Gasteiger partial charge in [0.05, 0.1) is 0 Å². The van der Waals surface area contributed by atoms with Gasteiger partial charge in [0.2, 0.25) is 0 Å². The summed E-state index contributed by atoms with van der Waals surface area (Å²) >= 11 is -0.976. The molecule has 1 saturated heterocycles. The van der Waals surface area contributed by atoms with Gasteiger partial charge in [0, 0.05) is 0 Å². The molecular formula is C5H10IO5-. The summed E-state index contributed by atoms with van der Waals surface area (Å²) < 4.78 is 3.97. The fourth-order valence-corrected chi connectivity index (χ4v) is 2.61. The van der Waals surface area contributed by atoms with Crippen molar-refractivity contribution in [3.63, 3.8) is 0 Å². The van der Waals surface area contributed by atoms with Gasteiger partial charge < -0.3 is 0 Å². The van der Waals surface area contributed by atoms with Crippen LogP contribution in [0.3, 0.4) is 0 Å². The Morgan fingerprint density at radius 1 is 1.18 bits per heavy atom. The van der Waals surface area contributed by atoms with Crippen LogP contribution in [-0.4, -0.2) is 49.5 Å². The molecule has 5 nitrogen and oxygen atoms in total. The molecule has 11 heavy (non-hydrogen) atoms. The van der Waals surface area contributed by atoms with Crippen LogP contribution in [0.5, 0.6) is 0 Å². The van der Waals surface area contributed by atoms with E-state index >= 15 is 0 Å². The van der Waals surface area contributed by atoms with Crippen molar-refractivity contribution in [1.82, 2.24) is 0 Å². The van der Waals surface area contributed by atoms with Crippen LogP contribution >= 0.6 is 0 Å². The van der Waals surface area contributed by atoms with E-state index < -0.39 is 44.0 Å². The predicted octanol–water partition coefficient (Wildman–Crippen LogP) is -5.58. The molecule has 4 N–H and O–H groups in total. The molecule has 1 aliphatic rings. The third-order valence-electron chi connectivity index (χ3n) is 1.45. The molecule has 0 bridgehead atoms. The van der Waals surface area contributed by atoms with Crippen LogP contribution in [0.1, 0.15) is 0 Å². The summed E-state index contributed by atoms with van der Waals surface area (Å²) in [5.74, 6) is 0. The number of hydrogen-bond acceptors (Lipinski definition) is 5. The van der Waals surface area contributed by atoms with Crippen LogP contribution in [0.25, 0.3) is 0 Å².